The third-order valence-electron chi connectivity index (χ3n) is 2.64. The topological polar surface area (TPSA) is 90.0 Å². The molecule has 5 nitrogen and oxygen atoms in total. The fraction of sp³-hybridized carbons (Fsp3) is 0.214. The number of carbonyl (C=O) groups is 1. The highest BCUT2D eigenvalue weighted by Gasteiger charge is 2.11. The summed E-state index contributed by atoms with van der Waals surface area (Å²) in [6.45, 7) is 3.72. The minimum absolute atomic E-state index is 0.200. The number of aryl methyl sites for hydroxylation is 2. The minimum atomic E-state index is -1.34. The molecule has 2 aromatic rings. The van der Waals surface area contributed by atoms with E-state index < -0.39 is 5.97 Å². The van der Waals surface area contributed by atoms with Crippen LogP contribution in [0.25, 0.3) is 0 Å². The number of pyridine rings is 1. The van der Waals surface area contributed by atoms with Gasteiger partial charge < -0.3 is 14.3 Å². The monoisotopic (exact) mass is 287 g/mol. The molecule has 0 N–H and O–H groups in total. The Morgan fingerprint density at radius 1 is 1.50 bits per heavy atom. The molecule has 0 fully saturated rings. The Labute approximate surface area is 120 Å². The van der Waals surface area contributed by atoms with Crippen LogP contribution < -0.4 is 5.11 Å². The fourth-order valence-corrected chi connectivity index (χ4v) is 2.74. The molecule has 6 heteroatoms. The summed E-state index contributed by atoms with van der Waals surface area (Å²) in [4.78, 5) is 14.9. The Hall–Kier alpha value is -2.26. The zero-order valence-corrected chi connectivity index (χ0v) is 11.8. The van der Waals surface area contributed by atoms with Crippen molar-refractivity contribution in [2.24, 2.45) is 0 Å². The highest BCUT2D eigenvalue weighted by atomic mass is 32.2. The first-order valence-corrected chi connectivity index (χ1v) is 6.81. The van der Waals surface area contributed by atoms with Gasteiger partial charge in [-0.25, -0.2) is 4.98 Å². The van der Waals surface area contributed by atoms with Crippen molar-refractivity contribution in [2.45, 2.75) is 24.6 Å². The summed E-state index contributed by atoms with van der Waals surface area (Å²) in [5.74, 6) is -0.644. The average Bonchev–Trinajstić information content (AvgIpc) is 2.84. The molecule has 0 bridgehead atoms. The first-order valence-electron chi connectivity index (χ1n) is 5.82. The number of carboxylic acid groups (broad SMARTS) is 1. The Balaban J connectivity index is 2.18. The molecule has 2 aromatic heterocycles. The molecule has 0 aliphatic heterocycles. The predicted molar refractivity (Wildman–Crippen MR) is 71.0 cm³/mol. The number of carbonyl (C=O) groups excluding carboxylic acids is 1. The molecule has 2 rings (SSSR count). The quantitative estimate of drug-likeness (QED) is 0.797. The van der Waals surface area contributed by atoms with Crippen molar-refractivity contribution in [1.82, 2.24) is 4.98 Å². The van der Waals surface area contributed by atoms with E-state index in [1.165, 1.54) is 17.8 Å². The molecule has 2 heterocycles. The smallest absolute Gasteiger partial charge is 0.149 e. The normalized spacial score (nSPS) is 10.2. The molecule has 102 valence electrons. The maximum absolute atomic E-state index is 10.6. The summed E-state index contributed by atoms with van der Waals surface area (Å²) < 4.78 is 5.11. The lowest BCUT2D eigenvalue weighted by Gasteiger charge is -2.06. The number of thioether (sulfide) groups is 1. The Bertz CT molecular complexity index is 701. The van der Waals surface area contributed by atoms with Crippen LogP contribution in [0.2, 0.25) is 0 Å². The van der Waals surface area contributed by atoms with Crippen LogP contribution in [-0.2, 0) is 5.75 Å². The third-order valence-corrected chi connectivity index (χ3v) is 3.63. The Morgan fingerprint density at radius 2 is 2.25 bits per heavy atom. The van der Waals surface area contributed by atoms with Gasteiger partial charge in [0.2, 0.25) is 0 Å². The SMILES string of the molecule is Cc1cc(C)c(C#N)c(SCc2ccc(C(=O)[O-])o2)n1. The number of aromatic carboxylic acids is 1. The minimum Gasteiger partial charge on any atom is -0.542 e. The molecule has 0 aliphatic rings. The van der Waals surface area contributed by atoms with E-state index in [2.05, 4.69) is 11.1 Å². The molecule has 0 radical (unpaired) electrons. The molecule has 0 saturated heterocycles. The van der Waals surface area contributed by atoms with Gasteiger partial charge in [-0.2, -0.15) is 5.26 Å². The van der Waals surface area contributed by atoms with Crippen LogP contribution in [0.3, 0.4) is 0 Å². The molecular formula is C14H11N2O3S-. The average molecular weight is 287 g/mol. The Morgan fingerprint density at radius 3 is 2.85 bits per heavy atom. The van der Waals surface area contributed by atoms with Crippen molar-refractivity contribution in [3.63, 3.8) is 0 Å². The van der Waals surface area contributed by atoms with Gasteiger partial charge in [-0.3, -0.25) is 0 Å². The molecular weight excluding hydrogens is 276 g/mol. The van der Waals surface area contributed by atoms with Crippen molar-refractivity contribution in [3.05, 3.63) is 46.5 Å². The summed E-state index contributed by atoms with van der Waals surface area (Å²) >= 11 is 1.34. The molecule has 0 atom stereocenters. The van der Waals surface area contributed by atoms with Gasteiger partial charge in [0.25, 0.3) is 0 Å². The third kappa shape index (κ3) is 3.00. The number of aromatic nitrogens is 1. The number of nitriles is 1. The van der Waals surface area contributed by atoms with Crippen molar-refractivity contribution in [1.29, 1.82) is 5.26 Å². The van der Waals surface area contributed by atoms with Crippen LogP contribution in [0.5, 0.6) is 0 Å². The maximum atomic E-state index is 10.6. The fourth-order valence-electron chi connectivity index (χ4n) is 1.75. The molecule has 0 amide bonds. The number of carboxylic acids is 1. The van der Waals surface area contributed by atoms with Crippen LogP contribution in [-0.4, -0.2) is 11.0 Å². The van der Waals surface area contributed by atoms with Crippen molar-refractivity contribution in [2.75, 3.05) is 0 Å². The first kappa shape index (κ1) is 14.2. The van der Waals surface area contributed by atoms with E-state index in [1.807, 2.05) is 19.9 Å². The van der Waals surface area contributed by atoms with Crippen molar-refractivity contribution >= 4 is 17.7 Å². The largest absolute Gasteiger partial charge is 0.542 e. The number of hydrogen-bond acceptors (Lipinski definition) is 6. The lowest BCUT2D eigenvalue weighted by atomic mass is 10.1. The number of rotatable bonds is 4. The summed E-state index contributed by atoms with van der Waals surface area (Å²) in [7, 11) is 0. The van der Waals surface area contributed by atoms with Gasteiger partial charge in [0.05, 0.1) is 11.3 Å². The number of furan rings is 1. The lowest BCUT2D eigenvalue weighted by Crippen LogP contribution is -2.21. The zero-order chi connectivity index (χ0) is 14.7. The highest BCUT2D eigenvalue weighted by molar-refractivity contribution is 7.98. The first-order chi connectivity index (χ1) is 9.51. The molecule has 0 aromatic carbocycles. The molecule has 0 spiro atoms. The second kappa shape index (κ2) is 5.80. The second-order valence-electron chi connectivity index (χ2n) is 4.21. The molecule has 0 unspecified atom stereocenters. The number of hydrogen-bond donors (Lipinski definition) is 0. The Kier molecular flexibility index (Phi) is 4.11. The van der Waals surface area contributed by atoms with Crippen molar-refractivity contribution in [3.8, 4) is 6.07 Å². The van der Waals surface area contributed by atoms with Gasteiger partial charge in [-0.1, -0.05) is 11.8 Å². The van der Waals surface area contributed by atoms with Crippen LogP contribution >= 0.6 is 11.8 Å². The summed E-state index contributed by atoms with van der Waals surface area (Å²) in [6, 6.07) is 6.91. The van der Waals surface area contributed by atoms with E-state index in [1.54, 1.807) is 6.07 Å². The van der Waals surface area contributed by atoms with Gasteiger partial charge in [-0.05, 0) is 37.6 Å². The van der Waals surface area contributed by atoms with Gasteiger partial charge in [0, 0.05) is 5.69 Å². The van der Waals surface area contributed by atoms with Gasteiger partial charge >= 0.3 is 0 Å². The summed E-state index contributed by atoms with van der Waals surface area (Å²) in [5, 5.41) is 20.4. The van der Waals surface area contributed by atoms with Gasteiger partial charge in [0.1, 0.15) is 28.6 Å². The maximum Gasteiger partial charge on any atom is 0.149 e. The van der Waals surface area contributed by atoms with Crippen LogP contribution in [0.15, 0.2) is 27.6 Å². The zero-order valence-electron chi connectivity index (χ0n) is 11.0. The van der Waals surface area contributed by atoms with E-state index in [0.717, 1.165) is 11.3 Å². The van der Waals surface area contributed by atoms with E-state index in [4.69, 9.17) is 9.68 Å². The lowest BCUT2D eigenvalue weighted by molar-refractivity contribution is -0.257. The number of nitrogens with zero attached hydrogens (tertiary/aromatic N) is 2. The molecule has 0 aliphatic carbocycles. The van der Waals surface area contributed by atoms with Crippen LogP contribution in [0.1, 0.15) is 33.1 Å². The van der Waals surface area contributed by atoms with Gasteiger partial charge in [0.15, 0.2) is 0 Å². The van der Waals surface area contributed by atoms with Crippen molar-refractivity contribution < 1.29 is 14.3 Å². The summed E-state index contributed by atoms with van der Waals surface area (Å²) in [6.07, 6.45) is 0. The molecule has 0 saturated carbocycles. The molecule has 20 heavy (non-hydrogen) atoms. The van der Waals surface area contributed by atoms with Gasteiger partial charge in [-0.15, -0.1) is 0 Å². The van der Waals surface area contributed by atoms with E-state index >= 15 is 0 Å². The van der Waals surface area contributed by atoms with E-state index in [9.17, 15) is 9.90 Å². The van der Waals surface area contributed by atoms with E-state index in [0.29, 0.717) is 22.1 Å². The standard InChI is InChI=1S/C14H12N2O3S/c1-8-5-9(2)16-13(11(8)6-15)20-7-10-3-4-12(19-10)14(17)18/h3-5H,7H2,1-2H3,(H,17,18)/p-1. The highest BCUT2D eigenvalue weighted by Crippen LogP contribution is 2.27. The van der Waals surface area contributed by atoms with Crippen LogP contribution in [0.4, 0.5) is 0 Å². The summed E-state index contributed by atoms with van der Waals surface area (Å²) in [5.41, 5.74) is 2.24. The van der Waals surface area contributed by atoms with E-state index in [-0.39, 0.29) is 5.76 Å². The second-order valence-corrected chi connectivity index (χ2v) is 5.18. The van der Waals surface area contributed by atoms with Crippen LogP contribution in [0, 0.1) is 25.2 Å². The predicted octanol–water partition coefficient (Wildman–Crippen LogP) is 1.82.